The molecule has 0 saturated heterocycles. The van der Waals surface area contributed by atoms with Gasteiger partial charge in [0.25, 0.3) is 0 Å². The molecular weight excluding hydrogens is 263 g/mol. The fraction of sp³-hybridized carbons (Fsp3) is 0.286. The number of imidazole rings is 1. The SMILES string of the molecule is COc1ccc(F)cc1Cn1c(C)nc(C)c1C(=O)O. The number of hydrogen-bond acceptors (Lipinski definition) is 3. The minimum atomic E-state index is -1.06. The lowest BCUT2D eigenvalue weighted by molar-refractivity contribution is 0.0684. The second-order valence-corrected chi connectivity index (χ2v) is 4.44. The number of carboxylic acid groups (broad SMARTS) is 1. The molecule has 106 valence electrons. The molecule has 0 aliphatic rings. The van der Waals surface area contributed by atoms with Gasteiger partial charge in [-0.05, 0) is 32.0 Å². The zero-order valence-corrected chi connectivity index (χ0v) is 11.5. The number of rotatable bonds is 4. The van der Waals surface area contributed by atoms with Crippen molar-refractivity contribution in [3.8, 4) is 5.75 Å². The predicted octanol–water partition coefficient (Wildman–Crippen LogP) is 2.39. The van der Waals surface area contributed by atoms with Gasteiger partial charge in [-0.15, -0.1) is 0 Å². The maximum Gasteiger partial charge on any atom is 0.354 e. The largest absolute Gasteiger partial charge is 0.496 e. The highest BCUT2D eigenvalue weighted by atomic mass is 19.1. The van der Waals surface area contributed by atoms with Gasteiger partial charge in [-0.1, -0.05) is 0 Å². The number of aromatic carboxylic acids is 1. The molecule has 0 bridgehead atoms. The van der Waals surface area contributed by atoms with E-state index in [1.165, 1.54) is 29.9 Å². The number of carbonyl (C=O) groups is 1. The lowest BCUT2D eigenvalue weighted by Crippen LogP contribution is -2.12. The zero-order chi connectivity index (χ0) is 14.9. The number of aryl methyl sites for hydroxylation is 2. The summed E-state index contributed by atoms with van der Waals surface area (Å²) in [7, 11) is 1.49. The number of nitrogens with zero attached hydrogens (tertiary/aromatic N) is 2. The summed E-state index contributed by atoms with van der Waals surface area (Å²) in [5, 5.41) is 9.25. The van der Waals surface area contributed by atoms with E-state index in [-0.39, 0.29) is 12.2 Å². The van der Waals surface area contributed by atoms with E-state index < -0.39 is 11.8 Å². The smallest absolute Gasteiger partial charge is 0.354 e. The monoisotopic (exact) mass is 278 g/mol. The van der Waals surface area contributed by atoms with Crippen molar-refractivity contribution in [1.82, 2.24) is 9.55 Å². The van der Waals surface area contributed by atoms with Crippen molar-refractivity contribution in [1.29, 1.82) is 0 Å². The Labute approximate surface area is 115 Å². The molecule has 6 heteroatoms. The molecule has 1 N–H and O–H groups in total. The first-order valence-electron chi connectivity index (χ1n) is 6.03. The Kier molecular flexibility index (Phi) is 3.74. The Bertz CT molecular complexity index is 665. The highest BCUT2D eigenvalue weighted by Crippen LogP contribution is 2.22. The summed E-state index contributed by atoms with van der Waals surface area (Å²) in [6.07, 6.45) is 0. The van der Waals surface area contributed by atoms with Crippen molar-refractivity contribution in [3.63, 3.8) is 0 Å². The molecule has 1 aromatic carbocycles. The number of carboxylic acids is 1. The van der Waals surface area contributed by atoms with E-state index >= 15 is 0 Å². The van der Waals surface area contributed by atoms with Crippen LogP contribution in [0.15, 0.2) is 18.2 Å². The summed E-state index contributed by atoms with van der Waals surface area (Å²) < 4.78 is 20.1. The highest BCUT2D eigenvalue weighted by Gasteiger charge is 2.19. The van der Waals surface area contributed by atoms with Crippen LogP contribution in [-0.4, -0.2) is 27.7 Å². The van der Waals surface area contributed by atoms with Gasteiger partial charge in [-0.2, -0.15) is 0 Å². The molecule has 2 aromatic rings. The molecule has 0 aliphatic carbocycles. The molecule has 1 heterocycles. The lowest BCUT2D eigenvalue weighted by Gasteiger charge is -2.12. The van der Waals surface area contributed by atoms with Crippen LogP contribution in [0.25, 0.3) is 0 Å². The topological polar surface area (TPSA) is 64.4 Å². The van der Waals surface area contributed by atoms with Gasteiger partial charge in [-0.25, -0.2) is 14.2 Å². The number of aromatic nitrogens is 2. The van der Waals surface area contributed by atoms with E-state index in [1.54, 1.807) is 13.8 Å². The standard InChI is InChI=1S/C14H15FN2O3/c1-8-13(14(18)19)17(9(2)16-8)7-10-6-11(15)4-5-12(10)20-3/h4-6H,7H2,1-3H3,(H,18,19). The molecular formula is C14H15FN2O3. The number of benzene rings is 1. The number of halogens is 1. The van der Waals surface area contributed by atoms with Gasteiger partial charge in [0, 0.05) is 5.56 Å². The third-order valence-electron chi connectivity index (χ3n) is 3.11. The van der Waals surface area contributed by atoms with Crippen molar-refractivity contribution >= 4 is 5.97 Å². The fourth-order valence-corrected chi connectivity index (χ4v) is 2.22. The van der Waals surface area contributed by atoms with Gasteiger partial charge in [0.1, 0.15) is 17.4 Å². The minimum Gasteiger partial charge on any atom is -0.496 e. The van der Waals surface area contributed by atoms with E-state index in [2.05, 4.69) is 4.98 Å². The molecule has 0 unspecified atom stereocenters. The van der Waals surface area contributed by atoms with E-state index in [1.807, 2.05) is 0 Å². The van der Waals surface area contributed by atoms with Gasteiger partial charge in [0.15, 0.2) is 5.69 Å². The molecule has 0 spiro atoms. The number of ether oxygens (including phenoxy) is 1. The summed E-state index contributed by atoms with van der Waals surface area (Å²) in [6.45, 7) is 3.54. The van der Waals surface area contributed by atoms with Crippen molar-refractivity contribution in [2.45, 2.75) is 20.4 Å². The Morgan fingerprint density at radius 1 is 1.45 bits per heavy atom. The van der Waals surface area contributed by atoms with Crippen LogP contribution < -0.4 is 4.74 Å². The third-order valence-corrected chi connectivity index (χ3v) is 3.11. The maximum atomic E-state index is 13.4. The summed E-state index contributed by atoms with van der Waals surface area (Å²) in [5.41, 5.74) is 1.11. The molecule has 20 heavy (non-hydrogen) atoms. The summed E-state index contributed by atoms with van der Waals surface area (Å²) in [5.74, 6) is -0.384. The minimum absolute atomic E-state index is 0.105. The van der Waals surface area contributed by atoms with Crippen LogP contribution >= 0.6 is 0 Å². The predicted molar refractivity (Wildman–Crippen MR) is 70.7 cm³/mol. The first-order valence-corrected chi connectivity index (χ1v) is 6.03. The van der Waals surface area contributed by atoms with Crippen LogP contribution in [0.5, 0.6) is 5.75 Å². The summed E-state index contributed by atoms with van der Waals surface area (Å²) in [6, 6.07) is 4.15. The third kappa shape index (κ3) is 2.49. The average molecular weight is 278 g/mol. The number of methoxy groups -OCH3 is 1. The normalized spacial score (nSPS) is 10.6. The Morgan fingerprint density at radius 2 is 2.15 bits per heavy atom. The fourth-order valence-electron chi connectivity index (χ4n) is 2.22. The first kappa shape index (κ1) is 14.0. The van der Waals surface area contributed by atoms with Crippen molar-refractivity contribution < 1.29 is 19.0 Å². The van der Waals surface area contributed by atoms with E-state index in [9.17, 15) is 14.3 Å². The van der Waals surface area contributed by atoms with E-state index in [0.717, 1.165) is 0 Å². The van der Waals surface area contributed by atoms with E-state index in [0.29, 0.717) is 22.8 Å². The molecule has 5 nitrogen and oxygen atoms in total. The van der Waals surface area contributed by atoms with Crippen molar-refractivity contribution in [2.24, 2.45) is 0 Å². The van der Waals surface area contributed by atoms with Gasteiger partial charge in [0.2, 0.25) is 0 Å². The summed E-state index contributed by atoms with van der Waals surface area (Å²) >= 11 is 0. The van der Waals surface area contributed by atoms with Gasteiger partial charge >= 0.3 is 5.97 Å². The molecule has 0 radical (unpaired) electrons. The van der Waals surface area contributed by atoms with Crippen LogP contribution in [0.2, 0.25) is 0 Å². The van der Waals surface area contributed by atoms with Gasteiger partial charge < -0.3 is 14.4 Å². The molecule has 0 atom stereocenters. The van der Waals surface area contributed by atoms with Crippen LogP contribution in [0.4, 0.5) is 4.39 Å². The highest BCUT2D eigenvalue weighted by molar-refractivity contribution is 5.87. The second kappa shape index (κ2) is 5.32. The van der Waals surface area contributed by atoms with Crippen molar-refractivity contribution in [3.05, 3.63) is 46.8 Å². The Balaban J connectivity index is 2.50. The maximum absolute atomic E-state index is 13.4. The molecule has 0 aliphatic heterocycles. The van der Waals surface area contributed by atoms with Crippen LogP contribution in [-0.2, 0) is 6.54 Å². The van der Waals surface area contributed by atoms with E-state index in [4.69, 9.17) is 4.74 Å². The lowest BCUT2D eigenvalue weighted by atomic mass is 10.2. The Morgan fingerprint density at radius 3 is 2.75 bits per heavy atom. The number of hydrogen-bond donors (Lipinski definition) is 1. The first-order chi connectivity index (χ1) is 9.43. The molecule has 0 fully saturated rings. The summed E-state index contributed by atoms with van der Waals surface area (Å²) in [4.78, 5) is 15.5. The average Bonchev–Trinajstić information content (AvgIpc) is 2.64. The van der Waals surface area contributed by atoms with Crippen LogP contribution in [0.3, 0.4) is 0 Å². The van der Waals surface area contributed by atoms with Gasteiger partial charge in [-0.3, -0.25) is 0 Å². The molecule has 1 aromatic heterocycles. The quantitative estimate of drug-likeness (QED) is 0.932. The van der Waals surface area contributed by atoms with Gasteiger partial charge in [0.05, 0.1) is 19.3 Å². The zero-order valence-electron chi connectivity index (χ0n) is 11.5. The Hall–Kier alpha value is -2.37. The van der Waals surface area contributed by atoms with Crippen molar-refractivity contribution in [2.75, 3.05) is 7.11 Å². The molecule has 2 rings (SSSR count). The second-order valence-electron chi connectivity index (χ2n) is 4.44. The molecule has 0 amide bonds. The van der Waals surface area contributed by atoms with Crippen LogP contribution in [0, 0.1) is 19.7 Å². The van der Waals surface area contributed by atoms with Crippen LogP contribution in [0.1, 0.15) is 27.6 Å². The molecule has 0 saturated carbocycles.